The molecule has 3 aromatic carbocycles. The van der Waals surface area contributed by atoms with Crippen LogP contribution in [0.5, 0.6) is 0 Å². The number of aromatic nitrogens is 1. The third kappa shape index (κ3) is 2.63. The number of para-hydroxylation sites is 1. The normalized spacial score (nSPS) is 16.1. The molecule has 1 aliphatic heterocycles. The summed E-state index contributed by atoms with van der Waals surface area (Å²) in [6.07, 6.45) is 2.90. The second-order valence-corrected chi connectivity index (χ2v) is 7.01. The highest BCUT2D eigenvalue weighted by molar-refractivity contribution is 6.00. The van der Waals surface area contributed by atoms with Crippen molar-refractivity contribution in [2.45, 2.75) is 12.5 Å². The maximum Gasteiger partial charge on any atom is 0.255 e. The third-order valence-electron chi connectivity index (χ3n) is 5.46. The molecule has 1 N–H and O–H groups in total. The monoisotopic (exact) mass is 352 g/mol. The van der Waals surface area contributed by atoms with Gasteiger partial charge >= 0.3 is 0 Å². The average molecular weight is 352 g/mol. The maximum atomic E-state index is 13.2. The van der Waals surface area contributed by atoms with E-state index < -0.39 is 0 Å². The van der Waals surface area contributed by atoms with Crippen LogP contribution in [0.3, 0.4) is 0 Å². The minimum atomic E-state index is -0.0476. The summed E-state index contributed by atoms with van der Waals surface area (Å²) in [6.45, 7) is 0.696. The molecule has 0 spiro atoms. The van der Waals surface area contributed by atoms with E-state index in [0.717, 1.165) is 28.6 Å². The zero-order valence-electron chi connectivity index (χ0n) is 14.9. The molecule has 0 saturated heterocycles. The fourth-order valence-electron chi connectivity index (χ4n) is 4.15. The third-order valence-corrected chi connectivity index (χ3v) is 5.46. The van der Waals surface area contributed by atoms with Crippen molar-refractivity contribution in [3.05, 3.63) is 107 Å². The van der Waals surface area contributed by atoms with E-state index in [9.17, 15) is 4.79 Å². The van der Waals surface area contributed by atoms with Gasteiger partial charge in [-0.2, -0.15) is 0 Å². The molecule has 0 aliphatic carbocycles. The van der Waals surface area contributed by atoms with Crippen molar-refractivity contribution in [3.63, 3.8) is 0 Å². The first-order valence-electron chi connectivity index (χ1n) is 9.33. The minimum Gasteiger partial charge on any atom is -0.361 e. The van der Waals surface area contributed by atoms with E-state index >= 15 is 0 Å². The molecule has 4 aromatic rings. The first-order chi connectivity index (χ1) is 13.3. The zero-order valence-corrected chi connectivity index (χ0v) is 14.9. The first-order valence-corrected chi connectivity index (χ1v) is 9.33. The number of benzene rings is 3. The van der Waals surface area contributed by atoms with Crippen molar-refractivity contribution in [1.82, 2.24) is 9.88 Å². The first kappa shape index (κ1) is 15.9. The van der Waals surface area contributed by atoms with E-state index in [-0.39, 0.29) is 11.9 Å². The van der Waals surface area contributed by atoms with Gasteiger partial charge in [-0.1, -0.05) is 66.7 Å². The Labute approximate surface area is 158 Å². The summed E-state index contributed by atoms with van der Waals surface area (Å²) < 4.78 is 0. The number of hydrogen-bond acceptors (Lipinski definition) is 1. The van der Waals surface area contributed by atoms with Crippen LogP contribution >= 0.6 is 0 Å². The number of carbonyl (C=O) groups is 1. The Balaban J connectivity index is 1.57. The molecule has 1 aromatic heterocycles. The smallest absolute Gasteiger partial charge is 0.255 e. The minimum absolute atomic E-state index is 0.0476. The lowest BCUT2D eigenvalue weighted by Crippen LogP contribution is -2.30. The number of fused-ring (bicyclic) bond motifs is 2. The van der Waals surface area contributed by atoms with Gasteiger partial charge in [-0.05, 0) is 29.7 Å². The van der Waals surface area contributed by atoms with Crippen molar-refractivity contribution in [1.29, 1.82) is 0 Å². The molecule has 5 rings (SSSR count). The highest BCUT2D eigenvalue weighted by Crippen LogP contribution is 2.41. The number of nitrogens with zero attached hydrogens (tertiary/aromatic N) is 1. The Morgan fingerprint density at radius 1 is 0.815 bits per heavy atom. The molecule has 0 bridgehead atoms. The Morgan fingerprint density at radius 3 is 2.44 bits per heavy atom. The van der Waals surface area contributed by atoms with Crippen LogP contribution in [0.4, 0.5) is 0 Å². The summed E-state index contributed by atoms with van der Waals surface area (Å²) in [5.41, 5.74) is 5.43. The second-order valence-electron chi connectivity index (χ2n) is 7.01. The van der Waals surface area contributed by atoms with Crippen LogP contribution in [0.15, 0.2) is 85.1 Å². The number of aromatic amines is 1. The molecule has 0 saturated carbocycles. The van der Waals surface area contributed by atoms with Crippen LogP contribution in [-0.2, 0) is 6.42 Å². The molecule has 132 valence electrons. The number of hydrogen-bond donors (Lipinski definition) is 1. The second kappa shape index (κ2) is 6.44. The van der Waals surface area contributed by atoms with Gasteiger partial charge in [0, 0.05) is 34.8 Å². The summed E-state index contributed by atoms with van der Waals surface area (Å²) in [5, 5.41) is 1.18. The van der Waals surface area contributed by atoms with Gasteiger partial charge in [-0.15, -0.1) is 0 Å². The van der Waals surface area contributed by atoms with Crippen LogP contribution in [-0.4, -0.2) is 22.3 Å². The topological polar surface area (TPSA) is 36.1 Å². The van der Waals surface area contributed by atoms with Crippen molar-refractivity contribution >= 4 is 16.8 Å². The van der Waals surface area contributed by atoms with Gasteiger partial charge in [0.15, 0.2) is 0 Å². The maximum absolute atomic E-state index is 13.2. The van der Waals surface area contributed by atoms with E-state index in [4.69, 9.17) is 0 Å². The molecule has 1 atom stereocenters. The van der Waals surface area contributed by atoms with Crippen LogP contribution in [0.1, 0.15) is 33.1 Å². The number of carbonyl (C=O) groups excluding carboxylic acids is 1. The van der Waals surface area contributed by atoms with E-state index in [2.05, 4.69) is 47.6 Å². The van der Waals surface area contributed by atoms with Gasteiger partial charge in [0.1, 0.15) is 0 Å². The molecule has 2 heterocycles. The molecule has 1 aliphatic rings. The molecule has 0 radical (unpaired) electrons. The Hall–Kier alpha value is -3.33. The average Bonchev–Trinajstić information content (AvgIpc) is 3.26. The van der Waals surface area contributed by atoms with Crippen molar-refractivity contribution < 1.29 is 4.79 Å². The summed E-state index contributed by atoms with van der Waals surface area (Å²) in [4.78, 5) is 18.6. The van der Waals surface area contributed by atoms with E-state index in [0.29, 0.717) is 6.54 Å². The Bertz CT molecular complexity index is 1110. The molecule has 0 fully saturated rings. The van der Waals surface area contributed by atoms with Gasteiger partial charge in [0.25, 0.3) is 5.91 Å². The molecular formula is C24H20N2O. The SMILES string of the molecule is O=C1c2ccccc2C(c2c[nH]c3ccccc23)N1CCc1ccccc1. The molecule has 27 heavy (non-hydrogen) atoms. The number of amides is 1. The fraction of sp³-hybridized carbons (Fsp3) is 0.125. The highest BCUT2D eigenvalue weighted by Gasteiger charge is 2.38. The van der Waals surface area contributed by atoms with E-state index in [1.54, 1.807) is 0 Å². The Morgan fingerprint density at radius 2 is 1.56 bits per heavy atom. The molecular weight excluding hydrogens is 332 g/mol. The van der Waals surface area contributed by atoms with Crippen LogP contribution in [0.2, 0.25) is 0 Å². The zero-order chi connectivity index (χ0) is 18.2. The lowest BCUT2D eigenvalue weighted by molar-refractivity contribution is 0.0752. The van der Waals surface area contributed by atoms with Gasteiger partial charge in [-0.3, -0.25) is 4.79 Å². The van der Waals surface area contributed by atoms with Gasteiger partial charge in [0.05, 0.1) is 6.04 Å². The van der Waals surface area contributed by atoms with Gasteiger partial charge < -0.3 is 9.88 Å². The van der Waals surface area contributed by atoms with Gasteiger partial charge in [0.2, 0.25) is 0 Å². The van der Waals surface area contributed by atoms with Crippen molar-refractivity contribution in [2.75, 3.05) is 6.54 Å². The van der Waals surface area contributed by atoms with Crippen molar-refractivity contribution in [2.24, 2.45) is 0 Å². The largest absolute Gasteiger partial charge is 0.361 e. The summed E-state index contributed by atoms with van der Waals surface area (Å²) in [6, 6.07) is 26.6. The van der Waals surface area contributed by atoms with E-state index in [1.165, 1.54) is 10.9 Å². The quantitative estimate of drug-likeness (QED) is 0.554. The molecule has 1 amide bonds. The summed E-state index contributed by atoms with van der Waals surface area (Å²) in [7, 11) is 0. The predicted molar refractivity (Wildman–Crippen MR) is 108 cm³/mol. The van der Waals surface area contributed by atoms with Crippen molar-refractivity contribution in [3.8, 4) is 0 Å². The Kier molecular flexibility index (Phi) is 3.79. The predicted octanol–water partition coefficient (Wildman–Crippen LogP) is 4.96. The lowest BCUT2D eigenvalue weighted by Gasteiger charge is -2.25. The molecule has 3 heteroatoms. The van der Waals surface area contributed by atoms with Crippen LogP contribution < -0.4 is 0 Å². The number of H-pyrrole nitrogens is 1. The summed E-state index contributed by atoms with van der Waals surface area (Å²) >= 11 is 0. The lowest BCUT2D eigenvalue weighted by atomic mass is 9.97. The van der Waals surface area contributed by atoms with Gasteiger partial charge in [-0.25, -0.2) is 0 Å². The van der Waals surface area contributed by atoms with Crippen LogP contribution in [0, 0.1) is 0 Å². The number of rotatable bonds is 4. The fourth-order valence-corrected chi connectivity index (χ4v) is 4.15. The molecule has 3 nitrogen and oxygen atoms in total. The standard InChI is InChI=1S/C24H20N2O/c27-24-20-12-5-4-11-19(20)23(21-16-25-22-13-7-6-10-18(21)22)26(24)15-14-17-8-2-1-3-9-17/h1-13,16,23,25H,14-15H2. The molecule has 1 unspecified atom stereocenters. The van der Waals surface area contributed by atoms with E-state index in [1.807, 2.05) is 47.4 Å². The highest BCUT2D eigenvalue weighted by atomic mass is 16.2. The summed E-state index contributed by atoms with van der Waals surface area (Å²) in [5.74, 6) is 0.122. The number of nitrogens with one attached hydrogen (secondary N) is 1. The van der Waals surface area contributed by atoms with Crippen LogP contribution in [0.25, 0.3) is 10.9 Å².